The Kier molecular flexibility index (Phi) is 3.43. The van der Waals surface area contributed by atoms with Gasteiger partial charge in [0.2, 0.25) is 0 Å². The Hall–Kier alpha value is -1.56. The van der Waals surface area contributed by atoms with Crippen molar-refractivity contribution in [1.29, 1.82) is 0 Å². The number of esters is 1. The summed E-state index contributed by atoms with van der Waals surface area (Å²) in [6.07, 6.45) is -1.51. The number of fused-ring (bicyclic) bond motifs is 2. The van der Waals surface area contributed by atoms with Gasteiger partial charge in [0, 0.05) is 12.0 Å². The number of carbonyl (C=O) groups is 1. The van der Waals surface area contributed by atoms with Crippen molar-refractivity contribution in [2.45, 2.75) is 37.4 Å². The highest BCUT2D eigenvalue weighted by Gasteiger charge is 2.46. The van der Waals surface area contributed by atoms with E-state index in [1.165, 1.54) is 18.6 Å². The first kappa shape index (κ1) is 14.4. The maximum Gasteiger partial charge on any atom is 0.491 e. The maximum absolute atomic E-state index is 12.1. The van der Waals surface area contributed by atoms with E-state index < -0.39 is 12.1 Å². The van der Waals surface area contributed by atoms with Crippen LogP contribution in [0.1, 0.15) is 30.7 Å². The zero-order chi connectivity index (χ0) is 15.2. The molecule has 0 amide bonds. The van der Waals surface area contributed by atoms with Crippen LogP contribution in [0.2, 0.25) is 0 Å². The number of hydrogen-bond acceptors (Lipinski definition) is 3. The molecule has 0 radical (unpaired) electrons. The third-order valence-electron chi connectivity index (χ3n) is 4.69. The molecule has 2 aliphatic carbocycles. The Bertz CT molecular complexity index is 539. The highest BCUT2D eigenvalue weighted by Crippen LogP contribution is 2.52. The van der Waals surface area contributed by atoms with Gasteiger partial charge in [0.15, 0.2) is 0 Å². The number of alkyl halides is 3. The van der Waals surface area contributed by atoms with Crippen molar-refractivity contribution in [3.63, 3.8) is 0 Å². The molecule has 6 heteroatoms. The molecule has 2 aliphatic rings. The number of carbonyl (C=O) groups excluding carboxylic acids is 1. The van der Waals surface area contributed by atoms with E-state index in [0.717, 1.165) is 18.4 Å². The Morgan fingerprint density at radius 3 is 2.29 bits per heavy atom. The van der Waals surface area contributed by atoms with E-state index in [1.807, 2.05) is 0 Å². The van der Waals surface area contributed by atoms with Gasteiger partial charge < -0.3 is 10.5 Å². The number of ether oxygens (including phenoxy) is 1. The molecule has 0 saturated heterocycles. The van der Waals surface area contributed by atoms with Crippen LogP contribution in [0.3, 0.4) is 0 Å². The molecule has 3 rings (SSSR count). The first-order chi connectivity index (χ1) is 9.86. The minimum absolute atomic E-state index is 0.0993. The van der Waals surface area contributed by atoms with Gasteiger partial charge in [-0.3, -0.25) is 0 Å². The molecule has 4 atom stereocenters. The lowest BCUT2D eigenvalue weighted by molar-refractivity contribution is -0.189. The average Bonchev–Trinajstić information content (AvgIpc) is 2.99. The van der Waals surface area contributed by atoms with Gasteiger partial charge in [-0.15, -0.1) is 0 Å². The summed E-state index contributed by atoms with van der Waals surface area (Å²) in [6.45, 7) is 0. The summed E-state index contributed by atoms with van der Waals surface area (Å²) in [5, 5.41) is 0. The third-order valence-corrected chi connectivity index (χ3v) is 4.69. The minimum atomic E-state index is -4.98. The van der Waals surface area contributed by atoms with Crippen LogP contribution in [0.15, 0.2) is 24.3 Å². The Morgan fingerprint density at radius 1 is 1.14 bits per heavy atom. The fraction of sp³-hybridized carbons (Fsp3) is 0.533. The van der Waals surface area contributed by atoms with Crippen molar-refractivity contribution < 1.29 is 22.7 Å². The van der Waals surface area contributed by atoms with Gasteiger partial charge in [0.05, 0.1) is 0 Å². The van der Waals surface area contributed by atoms with E-state index in [4.69, 9.17) is 5.73 Å². The lowest BCUT2D eigenvalue weighted by Crippen LogP contribution is -2.34. The van der Waals surface area contributed by atoms with Crippen LogP contribution in [-0.2, 0) is 4.79 Å². The summed E-state index contributed by atoms with van der Waals surface area (Å²) in [5.74, 6) is -0.919. The van der Waals surface area contributed by atoms with Gasteiger partial charge in [-0.05, 0) is 48.8 Å². The number of benzene rings is 1. The molecule has 0 aliphatic heterocycles. The third kappa shape index (κ3) is 2.64. The van der Waals surface area contributed by atoms with Crippen LogP contribution in [0.5, 0.6) is 5.75 Å². The van der Waals surface area contributed by atoms with Crippen molar-refractivity contribution in [2.24, 2.45) is 17.6 Å². The number of nitrogens with two attached hydrogens (primary N) is 1. The highest BCUT2D eigenvalue weighted by molar-refractivity contribution is 5.78. The van der Waals surface area contributed by atoms with E-state index in [9.17, 15) is 18.0 Å². The second-order valence-corrected chi connectivity index (χ2v) is 5.89. The summed E-state index contributed by atoms with van der Waals surface area (Å²) in [7, 11) is 0. The maximum atomic E-state index is 12.1. The second kappa shape index (κ2) is 5.02. The van der Waals surface area contributed by atoms with Crippen molar-refractivity contribution >= 4 is 5.97 Å². The summed E-state index contributed by atoms with van der Waals surface area (Å²) >= 11 is 0. The Balaban J connectivity index is 1.72. The molecule has 2 bridgehead atoms. The van der Waals surface area contributed by atoms with Crippen LogP contribution >= 0.6 is 0 Å². The van der Waals surface area contributed by atoms with Crippen LogP contribution in [0, 0.1) is 11.8 Å². The molecule has 2 fully saturated rings. The number of halogens is 3. The van der Waals surface area contributed by atoms with E-state index in [0.29, 0.717) is 11.8 Å². The molecular formula is C15H16F3NO2. The van der Waals surface area contributed by atoms with Crippen molar-refractivity contribution in [1.82, 2.24) is 0 Å². The van der Waals surface area contributed by atoms with Gasteiger partial charge in [0.1, 0.15) is 5.75 Å². The van der Waals surface area contributed by atoms with Gasteiger partial charge in [-0.25, -0.2) is 4.79 Å². The zero-order valence-corrected chi connectivity index (χ0v) is 11.3. The van der Waals surface area contributed by atoms with E-state index in [-0.39, 0.29) is 17.7 Å². The highest BCUT2D eigenvalue weighted by atomic mass is 19.4. The SMILES string of the molecule is NC1C2CCC(C2)C1c1ccc(OC(=O)C(F)(F)F)cc1. The monoisotopic (exact) mass is 299 g/mol. The molecule has 0 aromatic heterocycles. The first-order valence-corrected chi connectivity index (χ1v) is 7.01. The minimum Gasteiger partial charge on any atom is -0.420 e. The molecule has 4 unspecified atom stereocenters. The molecule has 3 nitrogen and oxygen atoms in total. The van der Waals surface area contributed by atoms with Crippen LogP contribution in [0.25, 0.3) is 0 Å². The predicted molar refractivity (Wildman–Crippen MR) is 69.7 cm³/mol. The summed E-state index contributed by atoms with van der Waals surface area (Å²) < 4.78 is 40.7. The fourth-order valence-corrected chi connectivity index (χ4v) is 3.75. The Morgan fingerprint density at radius 2 is 1.76 bits per heavy atom. The van der Waals surface area contributed by atoms with Crippen molar-refractivity contribution in [2.75, 3.05) is 0 Å². The lowest BCUT2D eigenvalue weighted by Gasteiger charge is -2.28. The molecule has 0 heterocycles. The molecule has 2 saturated carbocycles. The topological polar surface area (TPSA) is 52.3 Å². The van der Waals surface area contributed by atoms with Crippen molar-refractivity contribution in [3.8, 4) is 5.75 Å². The van der Waals surface area contributed by atoms with E-state index in [2.05, 4.69) is 4.74 Å². The van der Waals surface area contributed by atoms with Gasteiger partial charge >= 0.3 is 12.1 Å². The number of rotatable bonds is 2. The van der Waals surface area contributed by atoms with Gasteiger partial charge in [-0.1, -0.05) is 12.1 Å². The standard InChI is InChI=1S/C15H16F3NO2/c16-15(17,18)14(20)21-11-5-3-8(4-6-11)12-9-1-2-10(7-9)13(12)19/h3-6,9-10,12-13H,1-2,7,19H2. The largest absolute Gasteiger partial charge is 0.491 e. The second-order valence-electron chi connectivity index (χ2n) is 5.89. The van der Waals surface area contributed by atoms with Crippen molar-refractivity contribution in [3.05, 3.63) is 29.8 Å². The van der Waals surface area contributed by atoms with Crippen LogP contribution < -0.4 is 10.5 Å². The quantitative estimate of drug-likeness (QED) is 0.674. The zero-order valence-electron chi connectivity index (χ0n) is 11.3. The molecule has 2 N–H and O–H groups in total. The Labute approximate surface area is 120 Å². The van der Waals surface area contributed by atoms with Crippen LogP contribution in [-0.4, -0.2) is 18.2 Å². The first-order valence-electron chi connectivity index (χ1n) is 7.01. The van der Waals surface area contributed by atoms with Gasteiger partial charge in [-0.2, -0.15) is 13.2 Å². The normalized spacial score (nSPS) is 31.4. The summed E-state index contributed by atoms with van der Waals surface area (Å²) in [4.78, 5) is 10.8. The lowest BCUT2D eigenvalue weighted by atomic mass is 9.80. The summed E-state index contributed by atoms with van der Waals surface area (Å²) in [5.41, 5.74) is 7.25. The number of hydrogen-bond donors (Lipinski definition) is 1. The fourth-order valence-electron chi connectivity index (χ4n) is 3.75. The molecule has 1 aromatic rings. The van der Waals surface area contributed by atoms with E-state index in [1.54, 1.807) is 12.1 Å². The molecule has 114 valence electrons. The van der Waals surface area contributed by atoms with E-state index >= 15 is 0 Å². The smallest absolute Gasteiger partial charge is 0.420 e. The predicted octanol–water partition coefficient (Wildman–Crippen LogP) is 3.00. The molecular weight excluding hydrogens is 283 g/mol. The molecule has 0 spiro atoms. The van der Waals surface area contributed by atoms with Crippen LogP contribution in [0.4, 0.5) is 13.2 Å². The molecule has 21 heavy (non-hydrogen) atoms. The van der Waals surface area contributed by atoms with Gasteiger partial charge in [0.25, 0.3) is 0 Å². The summed E-state index contributed by atoms with van der Waals surface area (Å²) in [6, 6.07) is 6.34. The molecule has 1 aromatic carbocycles. The average molecular weight is 299 g/mol.